The van der Waals surface area contributed by atoms with Crippen LogP contribution in [0.4, 0.5) is 0 Å². The number of hydrogen-bond donors (Lipinski definition) is 1. The van der Waals surface area contributed by atoms with Crippen LogP contribution < -0.4 is 5.73 Å². The Balaban J connectivity index is 1.70. The Morgan fingerprint density at radius 1 is 1.13 bits per heavy atom. The van der Waals surface area contributed by atoms with Gasteiger partial charge in [0.15, 0.2) is 0 Å². The molecule has 23 heavy (non-hydrogen) atoms. The first-order valence-electron chi connectivity index (χ1n) is 9.04. The quantitative estimate of drug-likeness (QED) is 0.731. The van der Waals surface area contributed by atoms with Gasteiger partial charge in [-0.05, 0) is 35.8 Å². The highest BCUT2D eigenvalue weighted by atomic mass is 35.5. The molecule has 1 atom stereocenters. The van der Waals surface area contributed by atoms with Crippen molar-refractivity contribution in [1.29, 1.82) is 0 Å². The van der Waals surface area contributed by atoms with Crippen molar-refractivity contribution in [3.63, 3.8) is 0 Å². The van der Waals surface area contributed by atoms with Gasteiger partial charge in [-0.2, -0.15) is 0 Å². The summed E-state index contributed by atoms with van der Waals surface area (Å²) in [5.74, 6) is 1.48. The van der Waals surface area contributed by atoms with E-state index in [1.807, 2.05) is 6.07 Å². The van der Waals surface area contributed by atoms with E-state index in [9.17, 15) is 0 Å². The molecule has 0 heterocycles. The molecule has 124 valence electrons. The van der Waals surface area contributed by atoms with E-state index in [4.69, 9.17) is 17.3 Å². The average Bonchev–Trinajstić information content (AvgIpc) is 2.56. The molecule has 0 radical (unpaired) electrons. The molecule has 1 unspecified atom stereocenters. The van der Waals surface area contributed by atoms with E-state index in [1.165, 1.54) is 44.1 Å². The third-order valence-corrected chi connectivity index (χ3v) is 6.04. The monoisotopic (exact) mass is 329 g/mol. The second-order valence-electron chi connectivity index (χ2n) is 7.31. The van der Waals surface area contributed by atoms with Crippen LogP contribution in [0.5, 0.6) is 0 Å². The van der Waals surface area contributed by atoms with Gasteiger partial charge in [0.05, 0.1) is 0 Å². The van der Waals surface area contributed by atoms with E-state index in [2.05, 4.69) is 43.3 Å². The third-order valence-electron chi connectivity index (χ3n) is 5.70. The fraction of sp³-hybridized carbons (Fsp3) is 0.524. The van der Waals surface area contributed by atoms with Crippen molar-refractivity contribution in [2.24, 2.45) is 17.6 Å². The molecule has 0 aliphatic heterocycles. The minimum atomic E-state index is -0.257. The first kappa shape index (κ1) is 16.8. The zero-order chi connectivity index (χ0) is 16.3. The zero-order valence-corrected chi connectivity index (χ0v) is 14.9. The molecule has 2 N–H and O–H groups in total. The highest BCUT2D eigenvalue weighted by molar-refractivity contribution is 6.33. The van der Waals surface area contributed by atoms with Crippen molar-refractivity contribution in [3.8, 4) is 0 Å². The summed E-state index contributed by atoms with van der Waals surface area (Å²) in [6.07, 6.45) is 13.0. The summed E-state index contributed by atoms with van der Waals surface area (Å²) >= 11 is 6.65. The van der Waals surface area contributed by atoms with Gasteiger partial charge in [0, 0.05) is 17.0 Å². The molecule has 0 spiro atoms. The Morgan fingerprint density at radius 2 is 1.83 bits per heavy atom. The van der Waals surface area contributed by atoms with Crippen LogP contribution in [0.3, 0.4) is 0 Å². The molecule has 2 aliphatic carbocycles. The van der Waals surface area contributed by atoms with Gasteiger partial charge >= 0.3 is 0 Å². The van der Waals surface area contributed by atoms with Crippen LogP contribution in [0.1, 0.15) is 57.4 Å². The van der Waals surface area contributed by atoms with Crippen LogP contribution in [-0.2, 0) is 0 Å². The van der Waals surface area contributed by atoms with Gasteiger partial charge in [0.1, 0.15) is 0 Å². The Hall–Kier alpha value is -1.05. The Bertz CT molecular complexity index is 581. The van der Waals surface area contributed by atoms with Crippen molar-refractivity contribution in [2.75, 3.05) is 0 Å². The average molecular weight is 330 g/mol. The minimum Gasteiger partial charge on any atom is -0.321 e. The van der Waals surface area contributed by atoms with Gasteiger partial charge in [-0.3, -0.25) is 0 Å². The van der Waals surface area contributed by atoms with E-state index in [-0.39, 0.29) is 5.54 Å². The van der Waals surface area contributed by atoms with Crippen molar-refractivity contribution < 1.29 is 0 Å². The van der Waals surface area contributed by atoms with Crippen LogP contribution in [0.15, 0.2) is 47.5 Å². The predicted octanol–water partition coefficient (Wildman–Crippen LogP) is 5.90. The predicted molar refractivity (Wildman–Crippen MR) is 100 cm³/mol. The van der Waals surface area contributed by atoms with Crippen molar-refractivity contribution in [3.05, 3.63) is 53.1 Å². The van der Waals surface area contributed by atoms with Crippen LogP contribution >= 0.6 is 11.6 Å². The van der Waals surface area contributed by atoms with Crippen LogP contribution in [0, 0.1) is 11.8 Å². The lowest BCUT2D eigenvalue weighted by Gasteiger charge is -2.41. The summed E-state index contributed by atoms with van der Waals surface area (Å²) in [6.45, 7) is 2.29. The lowest BCUT2D eigenvalue weighted by molar-refractivity contribution is 0.197. The van der Waals surface area contributed by atoms with Gasteiger partial charge in [0.2, 0.25) is 0 Å². The second-order valence-corrected chi connectivity index (χ2v) is 7.77. The molecular weight excluding hydrogens is 302 g/mol. The van der Waals surface area contributed by atoms with Crippen molar-refractivity contribution in [1.82, 2.24) is 0 Å². The molecule has 0 aromatic heterocycles. The SMILES string of the molecule is CCCC1CCC(C2(N)C=CC(c3ccccc3)=C(Cl)C2)CC1. The highest BCUT2D eigenvalue weighted by Crippen LogP contribution is 2.43. The summed E-state index contributed by atoms with van der Waals surface area (Å²) in [5, 5.41) is 0.914. The Kier molecular flexibility index (Phi) is 5.28. The number of nitrogens with two attached hydrogens (primary N) is 1. The molecule has 0 saturated heterocycles. The minimum absolute atomic E-state index is 0.257. The molecule has 0 bridgehead atoms. The summed E-state index contributed by atoms with van der Waals surface area (Å²) in [6, 6.07) is 10.4. The molecule has 1 fully saturated rings. The largest absolute Gasteiger partial charge is 0.321 e. The standard InChI is InChI=1S/C21H28ClN/c1-2-6-16-9-11-18(12-10-16)21(23)14-13-19(20(22)15-21)17-7-4-3-5-8-17/h3-5,7-8,13-14,16,18H,2,6,9-12,15,23H2,1H3. The number of benzene rings is 1. The molecule has 1 nitrogen and oxygen atoms in total. The molecule has 2 heteroatoms. The number of rotatable bonds is 4. The molecule has 0 amide bonds. The van der Waals surface area contributed by atoms with Gasteiger partial charge in [-0.1, -0.05) is 86.7 Å². The van der Waals surface area contributed by atoms with Crippen LogP contribution in [-0.4, -0.2) is 5.54 Å². The zero-order valence-electron chi connectivity index (χ0n) is 14.1. The van der Waals surface area contributed by atoms with E-state index < -0.39 is 0 Å². The first-order chi connectivity index (χ1) is 11.1. The van der Waals surface area contributed by atoms with Gasteiger partial charge in [-0.15, -0.1) is 0 Å². The van der Waals surface area contributed by atoms with E-state index in [0.29, 0.717) is 5.92 Å². The maximum atomic E-state index is 6.78. The summed E-state index contributed by atoms with van der Waals surface area (Å²) in [4.78, 5) is 0. The van der Waals surface area contributed by atoms with E-state index >= 15 is 0 Å². The molecule has 3 rings (SSSR count). The second kappa shape index (κ2) is 7.23. The van der Waals surface area contributed by atoms with Crippen LogP contribution in [0.2, 0.25) is 0 Å². The molecule has 2 aliphatic rings. The summed E-state index contributed by atoms with van der Waals surface area (Å²) in [7, 11) is 0. The van der Waals surface area contributed by atoms with E-state index in [0.717, 1.165) is 22.9 Å². The Morgan fingerprint density at radius 3 is 2.43 bits per heavy atom. The third kappa shape index (κ3) is 3.72. The van der Waals surface area contributed by atoms with Crippen molar-refractivity contribution in [2.45, 2.75) is 57.4 Å². The van der Waals surface area contributed by atoms with Gasteiger partial charge in [0.25, 0.3) is 0 Å². The fourth-order valence-electron chi connectivity index (χ4n) is 4.30. The maximum absolute atomic E-state index is 6.78. The summed E-state index contributed by atoms with van der Waals surface area (Å²) in [5.41, 5.74) is 8.84. The lowest BCUT2D eigenvalue weighted by atomic mass is 9.68. The number of halogens is 1. The summed E-state index contributed by atoms with van der Waals surface area (Å²) < 4.78 is 0. The first-order valence-corrected chi connectivity index (χ1v) is 9.42. The number of allylic oxidation sites excluding steroid dienone is 2. The van der Waals surface area contributed by atoms with Gasteiger partial charge < -0.3 is 5.73 Å². The Labute approximate surface area is 145 Å². The number of hydrogen-bond acceptors (Lipinski definition) is 1. The fourth-order valence-corrected chi connectivity index (χ4v) is 4.70. The highest BCUT2D eigenvalue weighted by Gasteiger charge is 2.37. The van der Waals surface area contributed by atoms with Crippen LogP contribution in [0.25, 0.3) is 5.57 Å². The topological polar surface area (TPSA) is 26.0 Å². The molecule has 1 aromatic carbocycles. The normalized spacial score (nSPS) is 31.4. The smallest absolute Gasteiger partial charge is 0.0420 e. The van der Waals surface area contributed by atoms with Crippen molar-refractivity contribution >= 4 is 17.2 Å². The maximum Gasteiger partial charge on any atom is 0.0420 e. The lowest BCUT2D eigenvalue weighted by Crippen LogP contribution is -2.47. The van der Waals surface area contributed by atoms with E-state index in [1.54, 1.807) is 0 Å². The molecular formula is C21H28ClN. The van der Waals surface area contributed by atoms with Gasteiger partial charge in [-0.25, -0.2) is 0 Å². The molecule has 1 aromatic rings. The molecule has 1 saturated carbocycles.